The van der Waals surface area contributed by atoms with Crippen LogP contribution in [0.4, 0.5) is 5.13 Å². The van der Waals surface area contributed by atoms with Crippen LogP contribution in [0.2, 0.25) is 5.02 Å². The Morgan fingerprint density at radius 1 is 0.976 bits per heavy atom. The number of amides is 1. The lowest BCUT2D eigenvalue weighted by atomic mass is 9.94. The summed E-state index contributed by atoms with van der Waals surface area (Å²) in [5, 5.41) is 12.4. The molecule has 1 fully saturated rings. The summed E-state index contributed by atoms with van der Waals surface area (Å²) < 4.78 is 28.5. The molecular formula is C29H23ClN2O8S. The van der Waals surface area contributed by atoms with Crippen LogP contribution in [-0.4, -0.2) is 56.3 Å². The quantitative estimate of drug-likeness (QED) is 0.178. The Kier molecular flexibility index (Phi) is 6.84. The van der Waals surface area contributed by atoms with Gasteiger partial charge in [0.1, 0.15) is 19.0 Å². The fourth-order valence-electron chi connectivity index (χ4n) is 4.94. The molecule has 4 aromatic rings. The third-order valence-corrected chi connectivity index (χ3v) is 8.06. The van der Waals surface area contributed by atoms with Gasteiger partial charge < -0.3 is 28.8 Å². The minimum absolute atomic E-state index is 0.141. The van der Waals surface area contributed by atoms with Gasteiger partial charge in [0, 0.05) is 10.6 Å². The number of benzene rings is 3. The van der Waals surface area contributed by atoms with Crippen molar-refractivity contribution in [1.82, 2.24) is 4.98 Å². The van der Waals surface area contributed by atoms with Crippen molar-refractivity contribution in [2.45, 2.75) is 6.04 Å². The van der Waals surface area contributed by atoms with E-state index in [1.165, 1.54) is 37.6 Å². The summed E-state index contributed by atoms with van der Waals surface area (Å²) >= 11 is 7.39. The minimum Gasteiger partial charge on any atom is -0.507 e. The van der Waals surface area contributed by atoms with Crippen LogP contribution in [0.3, 0.4) is 0 Å². The standard InChI is InChI=1S/C29H23ClN2O8S/c1-36-20-11-15(12-21(37-2)27(20)38-3)24-23(25(33)14-4-7-18-19(10-14)40-9-8-39-18)26(34)28(35)32(24)29-31-17-6-5-16(30)13-22(17)41-29/h4-7,10-13,24,33H,8-9H2,1-3H3/b25-23-. The lowest BCUT2D eigenvalue weighted by Gasteiger charge is -2.25. The number of ketones is 1. The third-order valence-electron chi connectivity index (χ3n) is 6.81. The van der Waals surface area contributed by atoms with Crippen LogP contribution < -0.4 is 28.6 Å². The van der Waals surface area contributed by atoms with Gasteiger partial charge in [-0.2, -0.15) is 0 Å². The number of hydrogen-bond acceptors (Lipinski definition) is 10. The molecule has 0 bridgehead atoms. The van der Waals surface area contributed by atoms with Gasteiger partial charge in [-0.05, 0) is 54.1 Å². The van der Waals surface area contributed by atoms with Crippen LogP contribution in [0, 0.1) is 0 Å². The summed E-state index contributed by atoms with van der Waals surface area (Å²) in [6, 6.07) is 12.2. The molecule has 210 valence electrons. The molecule has 0 spiro atoms. The van der Waals surface area contributed by atoms with Crippen LogP contribution in [0.5, 0.6) is 28.7 Å². The van der Waals surface area contributed by atoms with Crippen LogP contribution in [0.25, 0.3) is 16.0 Å². The van der Waals surface area contributed by atoms with Gasteiger partial charge in [0.05, 0.1) is 43.2 Å². The highest BCUT2D eigenvalue weighted by Crippen LogP contribution is 2.48. The average Bonchev–Trinajstić information content (AvgIpc) is 3.52. The SMILES string of the molecule is COc1cc(C2/C(=C(/O)c3ccc4c(c3)OCCO4)C(=O)C(=O)N2c2nc3ccc(Cl)cc3s2)cc(OC)c1OC. The molecule has 0 saturated carbocycles. The van der Waals surface area contributed by atoms with Crippen molar-refractivity contribution in [2.75, 3.05) is 39.4 Å². The number of rotatable bonds is 6. The van der Waals surface area contributed by atoms with Gasteiger partial charge in [0.25, 0.3) is 5.78 Å². The van der Waals surface area contributed by atoms with Gasteiger partial charge in [0.2, 0.25) is 5.75 Å². The fraction of sp³-hybridized carbons (Fsp3) is 0.207. The summed E-state index contributed by atoms with van der Waals surface area (Å²) in [7, 11) is 4.40. The van der Waals surface area contributed by atoms with Gasteiger partial charge in [0.15, 0.2) is 28.1 Å². The lowest BCUT2D eigenvalue weighted by molar-refractivity contribution is -0.132. The zero-order valence-electron chi connectivity index (χ0n) is 22.1. The molecule has 1 aromatic heterocycles. The van der Waals surface area contributed by atoms with E-state index in [4.69, 9.17) is 35.3 Å². The second-order valence-corrected chi connectivity index (χ2v) is 10.5. The van der Waals surface area contributed by atoms with E-state index >= 15 is 0 Å². The maximum atomic E-state index is 13.7. The summed E-state index contributed by atoms with van der Waals surface area (Å²) in [4.78, 5) is 33.3. The Labute approximate surface area is 243 Å². The van der Waals surface area contributed by atoms with Crippen molar-refractivity contribution in [1.29, 1.82) is 0 Å². The fourth-order valence-corrected chi connectivity index (χ4v) is 6.21. The van der Waals surface area contributed by atoms with Crippen LogP contribution in [0.15, 0.2) is 54.1 Å². The molecule has 1 saturated heterocycles. The molecular weight excluding hydrogens is 572 g/mol. The summed E-state index contributed by atoms with van der Waals surface area (Å²) in [6.45, 7) is 0.743. The maximum Gasteiger partial charge on any atom is 0.301 e. The van der Waals surface area contributed by atoms with E-state index in [-0.39, 0.29) is 22.0 Å². The van der Waals surface area contributed by atoms with Crippen molar-refractivity contribution in [2.24, 2.45) is 0 Å². The summed E-state index contributed by atoms with van der Waals surface area (Å²) in [6.07, 6.45) is 0. The van der Waals surface area contributed by atoms with Crippen molar-refractivity contribution >= 4 is 55.7 Å². The lowest BCUT2D eigenvalue weighted by Crippen LogP contribution is -2.29. The van der Waals surface area contributed by atoms with E-state index in [2.05, 4.69) is 4.98 Å². The van der Waals surface area contributed by atoms with E-state index in [1.807, 2.05) is 0 Å². The average molecular weight is 595 g/mol. The number of aromatic nitrogens is 1. The molecule has 1 N–H and O–H groups in total. The number of fused-ring (bicyclic) bond motifs is 2. The van der Waals surface area contributed by atoms with E-state index in [1.54, 1.807) is 48.5 Å². The Bertz CT molecular complexity index is 1730. The van der Waals surface area contributed by atoms with Crippen LogP contribution in [-0.2, 0) is 9.59 Å². The number of nitrogens with zero attached hydrogens (tertiary/aromatic N) is 2. The van der Waals surface area contributed by atoms with E-state index < -0.39 is 17.7 Å². The number of Topliss-reactive ketones (excluding diaryl/α,β-unsaturated/α-hetero) is 1. The zero-order chi connectivity index (χ0) is 28.8. The minimum atomic E-state index is -1.09. The number of hydrogen-bond donors (Lipinski definition) is 1. The molecule has 41 heavy (non-hydrogen) atoms. The highest BCUT2D eigenvalue weighted by Gasteiger charge is 2.48. The normalized spacial score (nSPS) is 17.7. The van der Waals surface area contributed by atoms with Gasteiger partial charge in [-0.25, -0.2) is 4.98 Å². The van der Waals surface area contributed by atoms with E-state index in [0.29, 0.717) is 58.1 Å². The van der Waals surface area contributed by atoms with Crippen molar-refractivity contribution in [3.63, 3.8) is 0 Å². The number of thiazole rings is 1. The number of ether oxygens (including phenoxy) is 5. The molecule has 1 atom stereocenters. The molecule has 1 amide bonds. The summed E-state index contributed by atoms with van der Waals surface area (Å²) in [5.74, 6) is -0.237. The highest BCUT2D eigenvalue weighted by molar-refractivity contribution is 7.22. The zero-order valence-corrected chi connectivity index (χ0v) is 23.7. The third kappa shape index (κ3) is 4.47. The van der Waals surface area contributed by atoms with E-state index in [0.717, 1.165) is 4.70 Å². The summed E-state index contributed by atoms with van der Waals surface area (Å²) in [5.41, 5.74) is 1.17. The molecule has 2 aliphatic rings. The van der Waals surface area contributed by atoms with Crippen molar-refractivity contribution in [3.8, 4) is 28.7 Å². The monoisotopic (exact) mass is 594 g/mol. The first kappa shape index (κ1) is 26.7. The Hall–Kier alpha value is -4.48. The predicted octanol–water partition coefficient (Wildman–Crippen LogP) is 5.37. The van der Waals surface area contributed by atoms with Crippen molar-refractivity contribution < 1.29 is 38.4 Å². The Morgan fingerprint density at radius 3 is 2.37 bits per heavy atom. The first-order valence-electron chi connectivity index (χ1n) is 12.4. The molecule has 1 unspecified atom stereocenters. The number of anilines is 1. The largest absolute Gasteiger partial charge is 0.507 e. The molecule has 3 heterocycles. The molecule has 6 rings (SSSR count). The van der Waals surface area contributed by atoms with E-state index in [9.17, 15) is 14.7 Å². The molecule has 3 aromatic carbocycles. The Balaban J connectivity index is 1.59. The second-order valence-electron chi connectivity index (χ2n) is 9.09. The Morgan fingerprint density at radius 2 is 1.68 bits per heavy atom. The number of carbonyl (C=O) groups excluding carboxylic acids is 2. The van der Waals surface area contributed by atoms with Gasteiger partial charge >= 0.3 is 5.91 Å². The first-order chi connectivity index (χ1) is 19.8. The molecule has 0 radical (unpaired) electrons. The smallest absolute Gasteiger partial charge is 0.301 e. The number of aliphatic hydroxyl groups excluding tert-OH is 1. The number of carbonyl (C=O) groups is 2. The number of aliphatic hydroxyl groups is 1. The molecule has 12 heteroatoms. The maximum absolute atomic E-state index is 13.7. The highest BCUT2D eigenvalue weighted by atomic mass is 35.5. The number of methoxy groups -OCH3 is 3. The van der Waals surface area contributed by atoms with Crippen LogP contribution >= 0.6 is 22.9 Å². The topological polar surface area (TPSA) is 117 Å². The predicted molar refractivity (Wildman–Crippen MR) is 153 cm³/mol. The second kappa shape index (κ2) is 10.5. The van der Waals surface area contributed by atoms with Gasteiger partial charge in [-0.15, -0.1) is 0 Å². The van der Waals surface area contributed by atoms with Gasteiger partial charge in [-0.1, -0.05) is 22.9 Å². The van der Waals surface area contributed by atoms with Gasteiger partial charge in [-0.3, -0.25) is 14.5 Å². The van der Waals surface area contributed by atoms with Crippen molar-refractivity contribution in [3.05, 3.63) is 70.3 Å². The molecule has 10 nitrogen and oxygen atoms in total. The number of halogens is 1. The first-order valence-corrected chi connectivity index (χ1v) is 13.6. The molecule has 0 aliphatic carbocycles. The van der Waals surface area contributed by atoms with Crippen LogP contribution in [0.1, 0.15) is 17.2 Å². The molecule has 2 aliphatic heterocycles.